The zero-order chi connectivity index (χ0) is 71.1. The fourth-order valence-electron chi connectivity index (χ4n) is 8.63. The molecule has 3 aromatic carbocycles. The fourth-order valence-corrected chi connectivity index (χ4v) is 8.63. The topological polar surface area (TPSA) is 388 Å². The van der Waals surface area contributed by atoms with Gasteiger partial charge in [-0.05, 0) is 159 Å². The largest absolute Gasteiger partial charge is 0.467 e. The second kappa shape index (κ2) is 31.8. The molecule has 0 aliphatic heterocycles. The lowest BCUT2D eigenvalue weighted by Crippen LogP contribution is -2.65. The Bertz CT molecular complexity index is 3280. The molecule has 0 aromatic heterocycles. The van der Waals surface area contributed by atoms with Crippen LogP contribution in [0.2, 0.25) is 0 Å². The second-order valence-electron chi connectivity index (χ2n) is 27.0. The molecule has 0 aliphatic carbocycles. The smallest absolute Gasteiger partial charge is 0.408 e. The number of carbonyl (C=O) groups excluding carboxylic acids is 13. The van der Waals surface area contributed by atoms with E-state index in [4.69, 9.17) is 4.74 Å². The predicted molar refractivity (Wildman–Crippen MR) is 348 cm³/mol. The Balaban J connectivity index is 1.81. The Hall–Kier alpha value is -9.37. The van der Waals surface area contributed by atoms with Crippen LogP contribution in [0.25, 0.3) is 10.8 Å². The molecule has 512 valence electrons. The van der Waals surface area contributed by atoms with Crippen molar-refractivity contribution < 1.29 is 71.8 Å². The lowest BCUT2D eigenvalue weighted by Gasteiger charge is -2.32. The van der Waals surface area contributed by atoms with Gasteiger partial charge in [0.15, 0.2) is 0 Å². The minimum atomic E-state index is -1.79. The number of methoxy groups -OCH3 is 1. The van der Waals surface area contributed by atoms with Crippen LogP contribution in [0.4, 0.5) is 10.5 Å². The van der Waals surface area contributed by atoms with Crippen LogP contribution in [-0.2, 0) is 79.8 Å². The number of benzene rings is 3. The molecule has 12 N–H and O–H groups in total. The summed E-state index contributed by atoms with van der Waals surface area (Å²) in [6, 6.07) is 11.2. The summed E-state index contributed by atoms with van der Waals surface area (Å²) in [4.78, 5) is 178. The first-order chi connectivity index (χ1) is 42.6. The number of hydrogen-bond donors (Lipinski definition) is 12. The third-order valence-electron chi connectivity index (χ3n) is 14.7. The van der Waals surface area contributed by atoms with E-state index in [0.29, 0.717) is 11.1 Å². The molecule has 3 rings (SSSR count). The molecule has 0 spiro atoms. The maximum Gasteiger partial charge on any atom is 0.408 e. The van der Waals surface area contributed by atoms with Gasteiger partial charge in [-0.2, -0.15) is 0 Å². The van der Waals surface area contributed by atoms with E-state index in [9.17, 15) is 62.3 Å². The van der Waals surface area contributed by atoms with Gasteiger partial charge in [-0.1, -0.05) is 54.6 Å². The lowest BCUT2D eigenvalue weighted by atomic mass is 9.97. The number of carbonyl (C=O) groups is 13. The molecule has 0 unspecified atom stereocenters. The van der Waals surface area contributed by atoms with Crippen LogP contribution < -0.4 is 68.7 Å². The molecular formula is C65H97N13O15. The van der Waals surface area contributed by atoms with E-state index in [1.165, 1.54) is 104 Å². The minimum absolute atomic E-state index is 0.108. The first kappa shape index (κ1) is 77.9. The van der Waals surface area contributed by atoms with Gasteiger partial charge in [-0.3, -0.25) is 52.7 Å². The van der Waals surface area contributed by atoms with Gasteiger partial charge in [0, 0.05) is 32.6 Å². The van der Waals surface area contributed by atoms with Crippen molar-refractivity contribution in [1.29, 1.82) is 0 Å². The SMILES string of the molecule is COC(=O)[C@H](C)NC(=O)C(C)(C)NC(=O)[C@H](C)NC(=O)C(C)(C)NC(=O)[C@H](Cc1ccc2ccccc2c1)NC(=O)C(C)(C)NC(=O)[C@H](C)NC(=O)[C@H](Cc1ccc(N(C)C)cc1)NC(=O)C(C)(C)NC(=O)[C@H](C)NC(=O)C(C)(C)NC(=O)[C@H](C)NC(=O)OC(C)(C)C. The highest BCUT2D eigenvalue weighted by molar-refractivity contribution is 6.02. The van der Waals surface area contributed by atoms with Crippen molar-refractivity contribution >= 4 is 93.5 Å². The highest BCUT2D eigenvalue weighted by atomic mass is 16.6. The Labute approximate surface area is 544 Å². The van der Waals surface area contributed by atoms with Gasteiger partial charge in [0.2, 0.25) is 65.0 Å². The number of alkyl carbamates (subject to hydrolysis) is 1. The van der Waals surface area contributed by atoms with Crippen molar-refractivity contribution in [3.8, 4) is 0 Å². The molecule has 93 heavy (non-hydrogen) atoms. The Morgan fingerprint density at radius 1 is 0.387 bits per heavy atom. The number of anilines is 1. The summed E-state index contributed by atoms with van der Waals surface area (Å²) in [5, 5.41) is 32.6. The molecule has 28 heteroatoms. The maximum absolute atomic E-state index is 14.4. The molecule has 3 aromatic rings. The summed E-state index contributed by atoms with van der Waals surface area (Å²) in [6.07, 6.45) is -1.07. The second-order valence-corrected chi connectivity index (χ2v) is 27.0. The van der Waals surface area contributed by atoms with Crippen LogP contribution in [0.1, 0.15) is 136 Å². The zero-order valence-corrected chi connectivity index (χ0v) is 57.4. The van der Waals surface area contributed by atoms with E-state index in [2.05, 4.69) is 68.5 Å². The summed E-state index contributed by atoms with van der Waals surface area (Å²) >= 11 is 0. The Kier molecular flexibility index (Phi) is 26.6. The van der Waals surface area contributed by atoms with Gasteiger partial charge in [-0.15, -0.1) is 0 Å². The highest BCUT2D eigenvalue weighted by Gasteiger charge is 2.41. The van der Waals surface area contributed by atoms with Gasteiger partial charge >= 0.3 is 12.1 Å². The monoisotopic (exact) mass is 1300 g/mol. The van der Waals surface area contributed by atoms with Crippen LogP contribution in [0.3, 0.4) is 0 Å². The Morgan fingerprint density at radius 2 is 0.720 bits per heavy atom. The molecular weight excluding hydrogens is 1200 g/mol. The summed E-state index contributed by atoms with van der Waals surface area (Å²) in [7, 11) is 4.84. The van der Waals surface area contributed by atoms with Crippen molar-refractivity contribution in [2.45, 2.75) is 213 Å². The van der Waals surface area contributed by atoms with Crippen molar-refractivity contribution in [2.75, 3.05) is 26.1 Å². The third kappa shape index (κ3) is 23.7. The first-order valence-corrected chi connectivity index (χ1v) is 30.4. The van der Waals surface area contributed by atoms with Crippen LogP contribution in [0, 0.1) is 0 Å². The molecule has 0 bridgehead atoms. The number of nitrogens with zero attached hydrogens (tertiary/aromatic N) is 1. The molecule has 0 aliphatic rings. The van der Waals surface area contributed by atoms with Gasteiger partial charge in [0.25, 0.3) is 0 Å². The summed E-state index contributed by atoms with van der Waals surface area (Å²) in [5.41, 5.74) is -7.22. The normalized spacial score (nSPS) is 14.2. The van der Waals surface area contributed by atoms with Crippen molar-refractivity contribution in [3.05, 3.63) is 77.9 Å². The van der Waals surface area contributed by atoms with E-state index >= 15 is 0 Å². The average Bonchev–Trinajstić information content (AvgIpc) is 0.850. The van der Waals surface area contributed by atoms with Crippen LogP contribution in [0.5, 0.6) is 0 Å². The first-order valence-electron chi connectivity index (χ1n) is 30.4. The number of esters is 1. The van der Waals surface area contributed by atoms with Crippen LogP contribution in [0.15, 0.2) is 66.7 Å². The molecule has 0 saturated carbocycles. The summed E-state index contributed by atoms with van der Waals surface area (Å²) < 4.78 is 9.85. The van der Waals surface area contributed by atoms with Crippen LogP contribution >= 0.6 is 0 Å². The summed E-state index contributed by atoms with van der Waals surface area (Å²) in [6.45, 7) is 25.6. The number of ether oxygens (including phenoxy) is 2. The van der Waals surface area contributed by atoms with Gasteiger partial charge < -0.3 is 78.2 Å². The van der Waals surface area contributed by atoms with Gasteiger partial charge in [0.05, 0.1) is 7.11 Å². The van der Waals surface area contributed by atoms with Gasteiger partial charge in [-0.25, -0.2) is 9.59 Å². The number of nitrogens with one attached hydrogen (secondary N) is 12. The zero-order valence-electron chi connectivity index (χ0n) is 57.4. The fraction of sp³-hybridized carbons (Fsp3) is 0.554. The number of amides is 12. The van der Waals surface area contributed by atoms with Crippen molar-refractivity contribution in [2.24, 2.45) is 0 Å². The van der Waals surface area contributed by atoms with E-state index in [1.807, 2.05) is 55.4 Å². The standard InChI is InChI=1S/C65H97N13O15/c1-35(66-51(83)45(33-40-27-30-44(31-28-40)78(19)20)71-57(89)64(15,16)75-49(81)37(3)67-54(86)61(9,10)76-50(82)38(4)70-59(91)93-60(6,7)8)47(79)73-65(17,18)58(90)72-46(34-41-26-29-42-24-22-23-25-43(42)32-41)52(84)77-63(13,14)55(87)68-36(2)48(80)74-62(11,12)56(88)69-39(5)53(85)92-21/h22-32,35-39,45-46H,33-34H2,1-21H3,(H,66,83)(H,67,86)(H,68,87)(H,69,88)(H,70,91)(H,71,89)(H,72,90)(H,73,79)(H,74,80)(H,75,81)(H,76,82)(H,77,84)/t35-,36-,37-,38-,39-,45-,46-/m0/s1. The minimum Gasteiger partial charge on any atom is -0.467 e. The van der Waals surface area contributed by atoms with Crippen LogP contribution in [-0.4, -0.2) is 174 Å². The highest BCUT2D eigenvalue weighted by Crippen LogP contribution is 2.20. The van der Waals surface area contributed by atoms with Gasteiger partial charge in [0.1, 0.15) is 75.6 Å². The quantitative estimate of drug-likeness (QED) is 0.0435. The lowest BCUT2D eigenvalue weighted by molar-refractivity contribution is -0.145. The maximum atomic E-state index is 14.4. The van der Waals surface area contributed by atoms with E-state index < -0.39 is 153 Å². The molecule has 7 atom stereocenters. The number of rotatable bonds is 29. The van der Waals surface area contributed by atoms with E-state index in [1.54, 1.807) is 51.1 Å². The van der Waals surface area contributed by atoms with E-state index in [-0.39, 0.29) is 12.8 Å². The van der Waals surface area contributed by atoms with E-state index in [0.717, 1.165) is 23.6 Å². The molecule has 28 nitrogen and oxygen atoms in total. The Morgan fingerprint density at radius 3 is 1.12 bits per heavy atom. The molecule has 0 fully saturated rings. The summed E-state index contributed by atoms with van der Waals surface area (Å²) in [5.74, 6) is -9.53. The number of hydrogen-bond acceptors (Lipinski definition) is 16. The van der Waals surface area contributed by atoms with Crippen molar-refractivity contribution in [1.82, 2.24) is 63.8 Å². The molecule has 0 heterocycles. The predicted octanol–water partition coefficient (Wildman–Crippen LogP) is 1.24. The third-order valence-corrected chi connectivity index (χ3v) is 14.7. The molecule has 12 amide bonds. The van der Waals surface area contributed by atoms with Crippen molar-refractivity contribution in [3.63, 3.8) is 0 Å². The number of fused-ring (bicyclic) bond motifs is 1. The average molecular weight is 1300 g/mol. The molecule has 0 saturated heterocycles. The molecule has 0 radical (unpaired) electrons.